The third-order valence-corrected chi connectivity index (χ3v) is 4.28. The molecule has 0 spiro atoms. The second kappa shape index (κ2) is 6.16. The SMILES string of the molecule is CC1CC(OC(=O)C2NCCc3ccccc32)CC(C)O1. The van der Waals surface area contributed by atoms with Crippen LogP contribution in [-0.2, 0) is 20.7 Å². The summed E-state index contributed by atoms with van der Waals surface area (Å²) in [4.78, 5) is 12.5. The van der Waals surface area contributed by atoms with Gasteiger partial charge in [-0.05, 0) is 31.4 Å². The fourth-order valence-electron chi connectivity index (χ4n) is 3.39. The van der Waals surface area contributed by atoms with E-state index in [1.807, 2.05) is 32.0 Å². The monoisotopic (exact) mass is 289 g/mol. The Morgan fingerprint density at radius 3 is 2.71 bits per heavy atom. The second-order valence-corrected chi connectivity index (χ2v) is 6.12. The molecule has 2 aliphatic rings. The van der Waals surface area contributed by atoms with E-state index in [2.05, 4.69) is 11.4 Å². The van der Waals surface area contributed by atoms with Crippen LogP contribution in [0.2, 0.25) is 0 Å². The van der Waals surface area contributed by atoms with E-state index in [1.54, 1.807) is 0 Å². The number of carbonyl (C=O) groups excluding carboxylic acids is 1. The van der Waals surface area contributed by atoms with E-state index in [1.165, 1.54) is 5.56 Å². The fourth-order valence-corrected chi connectivity index (χ4v) is 3.39. The molecular formula is C17H23NO3. The molecule has 2 aliphatic heterocycles. The van der Waals surface area contributed by atoms with Gasteiger partial charge in [-0.15, -0.1) is 0 Å². The zero-order chi connectivity index (χ0) is 14.8. The van der Waals surface area contributed by atoms with Gasteiger partial charge in [0.05, 0.1) is 12.2 Å². The Morgan fingerprint density at radius 2 is 1.95 bits per heavy atom. The van der Waals surface area contributed by atoms with Gasteiger partial charge in [0.25, 0.3) is 0 Å². The summed E-state index contributed by atoms with van der Waals surface area (Å²) in [5, 5.41) is 3.28. The van der Waals surface area contributed by atoms with Crippen LogP contribution in [0.25, 0.3) is 0 Å². The molecule has 0 bridgehead atoms. The van der Waals surface area contributed by atoms with Crippen molar-refractivity contribution in [3.05, 3.63) is 35.4 Å². The summed E-state index contributed by atoms with van der Waals surface area (Å²) in [6.45, 7) is 4.88. The largest absolute Gasteiger partial charge is 0.461 e. The molecule has 0 aliphatic carbocycles. The molecule has 1 saturated heterocycles. The number of hydrogen-bond acceptors (Lipinski definition) is 4. The van der Waals surface area contributed by atoms with Gasteiger partial charge in [-0.3, -0.25) is 0 Å². The minimum atomic E-state index is -0.330. The number of esters is 1. The lowest BCUT2D eigenvalue weighted by Gasteiger charge is -2.33. The van der Waals surface area contributed by atoms with Crippen molar-refractivity contribution in [3.8, 4) is 0 Å². The van der Waals surface area contributed by atoms with Gasteiger partial charge in [0.2, 0.25) is 0 Å². The average molecular weight is 289 g/mol. The number of rotatable bonds is 2. The topological polar surface area (TPSA) is 47.6 Å². The maximum Gasteiger partial charge on any atom is 0.328 e. The fraction of sp³-hybridized carbons (Fsp3) is 0.588. The van der Waals surface area contributed by atoms with Crippen molar-refractivity contribution in [1.29, 1.82) is 0 Å². The molecule has 0 aromatic heterocycles. The van der Waals surface area contributed by atoms with Crippen LogP contribution >= 0.6 is 0 Å². The van der Waals surface area contributed by atoms with Crippen LogP contribution in [0.15, 0.2) is 24.3 Å². The highest BCUT2D eigenvalue weighted by Crippen LogP contribution is 2.27. The minimum Gasteiger partial charge on any atom is -0.461 e. The first kappa shape index (κ1) is 14.5. The normalized spacial score (nSPS) is 32.3. The average Bonchev–Trinajstić information content (AvgIpc) is 2.45. The van der Waals surface area contributed by atoms with E-state index in [4.69, 9.17) is 9.47 Å². The first-order valence-corrected chi connectivity index (χ1v) is 7.80. The summed E-state index contributed by atoms with van der Waals surface area (Å²) in [6.07, 6.45) is 2.80. The van der Waals surface area contributed by atoms with Gasteiger partial charge >= 0.3 is 5.97 Å². The number of fused-ring (bicyclic) bond motifs is 1. The second-order valence-electron chi connectivity index (χ2n) is 6.12. The van der Waals surface area contributed by atoms with E-state index in [0.29, 0.717) is 0 Å². The van der Waals surface area contributed by atoms with E-state index in [-0.39, 0.29) is 30.3 Å². The van der Waals surface area contributed by atoms with Crippen LogP contribution in [0.4, 0.5) is 0 Å². The van der Waals surface area contributed by atoms with Gasteiger partial charge < -0.3 is 14.8 Å². The van der Waals surface area contributed by atoms with Crippen molar-refractivity contribution in [2.24, 2.45) is 0 Å². The first-order chi connectivity index (χ1) is 10.1. The van der Waals surface area contributed by atoms with Gasteiger partial charge in [-0.25, -0.2) is 4.79 Å². The lowest BCUT2D eigenvalue weighted by Crippen LogP contribution is -2.40. The first-order valence-electron chi connectivity index (χ1n) is 7.80. The summed E-state index contributed by atoms with van der Waals surface area (Å²) in [6, 6.07) is 7.78. The predicted octanol–water partition coefficient (Wildman–Crippen LogP) is 2.37. The maximum atomic E-state index is 12.5. The quantitative estimate of drug-likeness (QED) is 0.849. The standard InChI is InChI=1S/C17H23NO3/c1-11-9-14(10-12(2)20-11)21-17(19)16-15-6-4-3-5-13(15)7-8-18-16/h3-6,11-12,14,16,18H,7-10H2,1-2H3. The van der Waals surface area contributed by atoms with Crippen LogP contribution < -0.4 is 5.32 Å². The molecule has 3 unspecified atom stereocenters. The van der Waals surface area contributed by atoms with E-state index in [9.17, 15) is 4.79 Å². The molecule has 0 radical (unpaired) electrons. The van der Waals surface area contributed by atoms with Crippen molar-refractivity contribution < 1.29 is 14.3 Å². The molecule has 0 amide bonds. The predicted molar refractivity (Wildman–Crippen MR) is 80.0 cm³/mol. The molecule has 114 valence electrons. The molecular weight excluding hydrogens is 266 g/mol. The van der Waals surface area contributed by atoms with Gasteiger partial charge in [-0.2, -0.15) is 0 Å². The van der Waals surface area contributed by atoms with Gasteiger partial charge in [0.15, 0.2) is 0 Å². The van der Waals surface area contributed by atoms with Gasteiger partial charge in [0.1, 0.15) is 12.1 Å². The molecule has 4 nitrogen and oxygen atoms in total. The van der Waals surface area contributed by atoms with Crippen LogP contribution in [-0.4, -0.2) is 30.8 Å². The highest BCUT2D eigenvalue weighted by Gasteiger charge is 2.32. The van der Waals surface area contributed by atoms with Gasteiger partial charge in [0, 0.05) is 19.4 Å². The zero-order valence-corrected chi connectivity index (χ0v) is 12.7. The van der Waals surface area contributed by atoms with Crippen molar-refractivity contribution in [3.63, 3.8) is 0 Å². The lowest BCUT2D eigenvalue weighted by atomic mass is 9.94. The molecule has 2 heterocycles. The van der Waals surface area contributed by atoms with Crippen molar-refractivity contribution in [1.82, 2.24) is 5.32 Å². The summed E-state index contributed by atoms with van der Waals surface area (Å²) in [5.41, 5.74) is 2.30. The van der Waals surface area contributed by atoms with Crippen LogP contribution in [0.3, 0.4) is 0 Å². The molecule has 1 aromatic rings. The Hall–Kier alpha value is -1.39. The Labute approximate surface area is 125 Å². The third-order valence-electron chi connectivity index (χ3n) is 4.28. The Kier molecular flexibility index (Phi) is 4.27. The maximum absolute atomic E-state index is 12.5. The minimum absolute atomic E-state index is 0.0351. The third kappa shape index (κ3) is 3.27. The number of ether oxygens (including phenoxy) is 2. The Bertz CT molecular complexity index is 507. The van der Waals surface area contributed by atoms with Crippen LogP contribution in [0.5, 0.6) is 0 Å². The summed E-state index contributed by atoms with van der Waals surface area (Å²) < 4.78 is 11.4. The number of nitrogens with one attached hydrogen (secondary N) is 1. The summed E-state index contributed by atoms with van der Waals surface area (Å²) in [7, 11) is 0. The zero-order valence-electron chi connectivity index (χ0n) is 12.7. The van der Waals surface area contributed by atoms with Crippen LogP contribution in [0, 0.1) is 0 Å². The van der Waals surface area contributed by atoms with E-state index < -0.39 is 0 Å². The molecule has 0 saturated carbocycles. The molecule has 3 rings (SSSR count). The molecule has 1 aromatic carbocycles. The highest BCUT2D eigenvalue weighted by atomic mass is 16.6. The smallest absolute Gasteiger partial charge is 0.328 e. The van der Waals surface area contributed by atoms with Crippen LogP contribution in [0.1, 0.15) is 43.9 Å². The molecule has 21 heavy (non-hydrogen) atoms. The number of carbonyl (C=O) groups is 1. The molecule has 1 N–H and O–H groups in total. The summed E-state index contributed by atoms with van der Waals surface area (Å²) in [5.74, 6) is -0.159. The number of hydrogen-bond donors (Lipinski definition) is 1. The van der Waals surface area contributed by atoms with E-state index >= 15 is 0 Å². The van der Waals surface area contributed by atoms with Crippen molar-refractivity contribution in [2.75, 3.05) is 6.54 Å². The van der Waals surface area contributed by atoms with Crippen molar-refractivity contribution in [2.45, 2.75) is 57.5 Å². The molecule has 4 heteroatoms. The molecule has 1 fully saturated rings. The summed E-state index contributed by atoms with van der Waals surface area (Å²) >= 11 is 0. The highest BCUT2D eigenvalue weighted by molar-refractivity contribution is 5.78. The number of benzene rings is 1. The van der Waals surface area contributed by atoms with E-state index in [0.717, 1.165) is 31.4 Å². The lowest BCUT2D eigenvalue weighted by molar-refractivity contribution is -0.162. The molecule has 3 atom stereocenters. The Morgan fingerprint density at radius 1 is 1.24 bits per heavy atom. The van der Waals surface area contributed by atoms with Gasteiger partial charge in [-0.1, -0.05) is 24.3 Å². The van der Waals surface area contributed by atoms with Crippen molar-refractivity contribution >= 4 is 5.97 Å². The Balaban J connectivity index is 1.69.